The minimum Gasteiger partial charge on any atom is -0.444 e. The number of likely N-dealkylation sites (tertiary alicyclic amines) is 1. The van der Waals surface area contributed by atoms with Crippen LogP contribution in [0.25, 0.3) is 5.82 Å². The molecule has 0 aromatic carbocycles. The third kappa shape index (κ3) is 4.09. The van der Waals surface area contributed by atoms with E-state index in [1.807, 2.05) is 25.7 Å². The molecule has 3 rings (SSSR count). The fraction of sp³-hybridized carbons (Fsp3) is 0.524. The number of hydrogen-bond donors (Lipinski definition) is 0. The molecule has 0 radical (unpaired) electrons. The molecule has 1 aliphatic heterocycles. The van der Waals surface area contributed by atoms with Gasteiger partial charge in [-0.15, -0.1) is 0 Å². The number of aromatic nitrogens is 2. The number of nitrogens with zero attached hydrogens (tertiary/aromatic N) is 3. The average Bonchev–Trinajstić information content (AvgIpc) is 2.92. The Morgan fingerprint density at radius 2 is 1.69 bits per heavy atom. The van der Waals surface area contributed by atoms with Crippen LogP contribution in [0.2, 0.25) is 0 Å². The second-order valence-corrected chi connectivity index (χ2v) is 8.11. The topological polar surface area (TPSA) is 47.4 Å². The molecular weight excluding hydrogens is 326 g/mol. The lowest BCUT2D eigenvalue weighted by molar-refractivity contribution is 0.0204. The summed E-state index contributed by atoms with van der Waals surface area (Å²) in [4.78, 5) is 19.0. The van der Waals surface area contributed by atoms with Crippen molar-refractivity contribution in [1.29, 1.82) is 0 Å². The minimum absolute atomic E-state index is 0.212. The number of amides is 1. The highest BCUT2D eigenvalue weighted by Gasteiger charge is 2.28. The van der Waals surface area contributed by atoms with E-state index < -0.39 is 5.60 Å². The second kappa shape index (κ2) is 7.14. The Hall–Kier alpha value is -2.30. The summed E-state index contributed by atoms with van der Waals surface area (Å²) in [5, 5.41) is 0. The van der Waals surface area contributed by atoms with Gasteiger partial charge < -0.3 is 14.2 Å². The number of carbonyl (C=O) groups is 1. The van der Waals surface area contributed by atoms with Crippen LogP contribution in [0.15, 0.2) is 30.3 Å². The first-order valence-corrected chi connectivity index (χ1v) is 9.35. The van der Waals surface area contributed by atoms with Gasteiger partial charge in [-0.25, -0.2) is 9.78 Å². The van der Waals surface area contributed by atoms with Crippen molar-refractivity contribution >= 4 is 6.09 Å². The zero-order chi connectivity index (χ0) is 18.9. The maximum atomic E-state index is 12.2. The van der Waals surface area contributed by atoms with E-state index in [2.05, 4.69) is 48.7 Å². The van der Waals surface area contributed by atoms with E-state index in [1.54, 1.807) is 0 Å². The van der Waals surface area contributed by atoms with Crippen molar-refractivity contribution in [3.63, 3.8) is 0 Å². The number of carbonyl (C=O) groups excluding carboxylic acids is 1. The van der Waals surface area contributed by atoms with Crippen LogP contribution in [0.5, 0.6) is 0 Å². The van der Waals surface area contributed by atoms with Gasteiger partial charge in [0.15, 0.2) is 0 Å². The normalized spacial score (nSPS) is 16.0. The summed E-state index contributed by atoms with van der Waals surface area (Å²) in [6.07, 6.45) is 1.62. The average molecular weight is 355 g/mol. The van der Waals surface area contributed by atoms with Crippen LogP contribution in [-0.2, 0) is 4.74 Å². The van der Waals surface area contributed by atoms with E-state index in [9.17, 15) is 4.79 Å². The first-order valence-electron chi connectivity index (χ1n) is 9.35. The van der Waals surface area contributed by atoms with Crippen LogP contribution in [0.3, 0.4) is 0 Å². The number of aryl methyl sites for hydroxylation is 2. The SMILES string of the molecule is Cc1ccc(C)n1-c1cccc(C2CCN(C(=O)OC(C)(C)C)CC2)n1. The maximum absolute atomic E-state index is 12.2. The van der Waals surface area contributed by atoms with Gasteiger partial charge in [0, 0.05) is 36.1 Å². The van der Waals surface area contributed by atoms with Gasteiger partial charge in [-0.1, -0.05) is 6.07 Å². The van der Waals surface area contributed by atoms with Crippen LogP contribution >= 0.6 is 0 Å². The summed E-state index contributed by atoms with van der Waals surface area (Å²) in [6, 6.07) is 10.5. The number of piperidine rings is 1. The third-order valence-electron chi connectivity index (χ3n) is 4.82. The Kier molecular flexibility index (Phi) is 5.08. The lowest BCUT2D eigenvalue weighted by Gasteiger charge is -2.33. The molecule has 0 N–H and O–H groups in total. The number of ether oxygens (including phenoxy) is 1. The molecule has 26 heavy (non-hydrogen) atoms. The Bertz CT molecular complexity index is 761. The molecular formula is C21H29N3O2. The van der Waals surface area contributed by atoms with Gasteiger partial charge in [-0.05, 0) is 71.7 Å². The Balaban J connectivity index is 1.69. The first-order chi connectivity index (χ1) is 12.2. The summed E-state index contributed by atoms with van der Waals surface area (Å²) in [5.41, 5.74) is 3.04. The van der Waals surface area contributed by atoms with E-state index >= 15 is 0 Å². The fourth-order valence-corrected chi connectivity index (χ4v) is 3.51. The number of hydrogen-bond acceptors (Lipinski definition) is 3. The van der Waals surface area contributed by atoms with Crippen LogP contribution in [0.4, 0.5) is 4.79 Å². The highest BCUT2D eigenvalue weighted by Crippen LogP contribution is 2.28. The molecule has 2 aromatic heterocycles. The summed E-state index contributed by atoms with van der Waals surface area (Å²) < 4.78 is 7.66. The van der Waals surface area contributed by atoms with E-state index in [1.165, 1.54) is 11.4 Å². The maximum Gasteiger partial charge on any atom is 0.410 e. The van der Waals surface area contributed by atoms with Gasteiger partial charge in [0.05, 0.1) is 0 Å². The quantitative estimate of drug-likeness (QED) is 0.791. The molecule has 5 heteroatoms. The van der Waals surface area contributed by atoms with E-state index in [-0.39, 0.29) is 6.09 Å². The Morgan fingerprint density at radius 1 is 1.08 bits per heavy atom. The molecule has 1 aliphatic rings. The zero-order valence-corrected chi connectivity index (χ0v) is 16.5. The predicted molar refractivity (Wildman–Crippen MR) is 103 cm³/mol. The molecule has 3 heterocycles. The number of rotatable bonds is 2. The Labute approximate surface area is 156 Å². The van der Waals surface area contributed by atoms with E-state index in [0.717, 1.165) is 24.4 Å². The van der Waals surface area contributed by atoms with E-state index in [4.69, 9.17) is 9.72 Å². The molecule has 1 amide bonds. The summed E-state index contributed by atoms with van der Waals surface area (Å²) in [5.74, 6) is 1.35. The fourth-order valence-electron chi connectivity index (χ4n) is 3.51. The van der Waals surface area contributed by atoms with Crippen molar-refractivity contribution in [2.75, 3.05) is 13.1 Å². The van der Waals surface area contributed by atoms with Crippen LogP contribution < -0.4 is 0 Å². The standard InChI is InChI=1S/C21H29N3O2/c1-15-9-10-16(2)24(15)19-8-6-7-18(22-19)17-11-13-23(14-12-17)20(25)26-21(3,4)5/h6-10,17H,11-14H2,1-5H3. The van der Waals surface area contributed by atoms with Gasteiger partial charge in [-0.2, -0.15) is 0 Å². The van der Waals surface area contributed by atoms with Crippen molar-refractivity contribution in [3.05, 3.63) is 47.4 Å². The van der Waals surface area contributed by atoms with Gasteiger partial charge >= 0.3 is 6.09 Å². The molecule has 0 spiro atoms. The van der Waals surface area contributed by atoms with Crippen LogP contribution in [-0.4, -0.2) is 39.2 Å². The second-order valence-electron chi connectivity index (χ2n) is 8.11. The predicted octanol–water partition coefficient (Wildman–Crippen LogP) is 4.60. The van der Waals surface area contributed by atoms with Crippen LogP contribution in [0, 0.1) is 13.8 Å². The van der Waals surface area contributed by atoms with Crippen LogP contribution in [0.1, 0.15) is 56.6 Å². The zero-order valence-electron chi connectivity index (χ0n) is 16.5. The molecule has 1 fully saturated rings. The minimum atomic E-state index is -0.448. The van der Waals surface area contributed by atoms with E-state index in [0.29, 0.717) is 19.0 Å². The van der Waals surface area contributed by atoms with Gasteiger partial charge in [0.1, 0.15) is 11.4 Å². The third-order valence-corrected chi connectivity index (χ3v) is 4.82. The first kappa shape index (κ1) is 18.5. The highest BCUT2D eigenvalue weighted by atomic mass is 16.6. The molecule has 5 nitrogen and oxygen atoms in total. The molecule has 0 aliphatic carbocycles. The van der Waals surface area contributed by atoms with Crippen molar-refractivity contribution in [1.82, 2.24) is 14.5 Å². The smallest absolute Gasteiger partial charge is 0.410 e. The van der Waals surface area contributed by atoms with Gasteiger partial charge in [-0.3, -0.25) is 0 Å². The molecule has 1 saturated heterocycles. The largest absolute Gasteiger partial charge is 0.444 e. The molecule has 0 saturated carbocycles. The summed E-state index contributed by atoms with van der Waals surface area (Å²) >= 11 is 0. The van der Waals surface area contributed by atoms with Gasteiger partial charge in [0.25, 0.3) is 0 Å². The van der Waals surface area contributed by atoms with Crippen molar-refractivity contribution < 1.29 is 9.53 Å². The molecule has 140 valence electrons. The molecule has 0 unspecified atom stereocenters. The monoisotopic (exact) mass is 355 g/mol. The molecule has 0 atom stereocenters. The van der Waals surface area contributed by atoms with Gasteiger partial charge in [0.2, 0.25) is 0 Å². The van der Waals surface area contributed by atoms with Crippen molar-refractivity contribution in [2.45, 2.75) is 59.0 Å². The molecule has 0 bridgehead atoms. The summed E-state index contributed by atoms with van der Waals surface area (Å²) in [7, 11) is 0. The lowest BCUT2D eigenvalue weighted by Crippen LogP contribution is -2.41. The lowest BCUT2D eigenvalue weighted by atomic mass is 9.93. The van der Waals surface area contributed by atoms with Crippen molar-refractivity contribution in [3.8, 4) is 5.82 Å². The number of pyridine rings is 1. The van der Waals surface area contributed by atoms with Crippen molar-refractivity contribution in [2.24, 2.45) is 0 Å². The summed E-state index contributed by atoms with van der Waals surface area (Å²) in [6.45, 7) is 11.3. The molecule has 2 aromatic rings. The highest BCUT2D eigenvalue weighted by molar-refractivity contribution is 5.68. The Morgan fingerprint density at radius 3 is 2.27 bits per heavy atom.